The van der Waals surface area contributed by atoms with E-state index in [4.69, 9.17) is 9.47 Å². The van der Waals surface area contributed by atoms with E-state index in [1.807, 2.05) is 41.6 Å². The van der Waals surface area contributed by atoms with Crippen molar-refractivity contribution in [1.82, 2.24) is 19.7 Å². The van der Waals surface area contributed by atoms with Crippen LogP contribution in [0.3, 0.4) is 0 Å². The number of aryl methyl sites for hydroxylation is 1. The van der Waals surface area contributed by atoms with Gasteiger partial charge in [0, 0.05) is 63.7 Å². The number of hydrogen-bond donors (Lipinski definition) is 0. The molecule has 4 rings (SSSR count). The second-order valence-electron chi connectivity index (χ2n) is 6.87. The average molecular weight is 342 g/mol. The topological polar surface area (TPSA) is 52.4 Å². The van der Waals surface area contributed by atoms with Crippen molar-refractivity contribution in [2.45, 2.75) is 50.6 Å². The summed E-state index contributed by atoms with van der Waals surface area (Å²) in [7, 11) is 0. The molecule has 6 nitrogen and oxygen atoms in total. The molecule has 2 aromatic rings. The third-order valence-corrected chi connectivity index (χ3v) is 5.11. The van der Waals surface area contributed by atoms with Gasteiger partial charge in [-0.25, -0.2) is 0 Å². The molecule has 134 valence electrons. The van der Waals surface area contributed by atoms with Crippen molar-refractivity contribution in [3.8, 4) is 0 Å². The van der Waals surface area contributed by atoms with Crippen LogP contribution in [0.5, 0.6) is 0 Å². The smallest absolute Gasteiger partial charge is 0.100 e. The minimum Gasteiger partial charge on any atom is -0.374 e. The Balaban J connectivity index is 1.32. The normalized spacial score (nSPS) is 26.6. The van der Waals surface area contributed by atoms with Crippen molar-refractivity contribution in [3.63, 3.8) is 0 Å². The molecule has 0 amide bonds. The molecule has 4 heterocycles. The second-order valence-corrected chi connectivity index (χ2v) is 6.87. The summed E-state index contributed by atoms with van der Waals surface area (Å²) in [5, 5.41) is 4.23. The molecule has 6 heteroatoms. The van der Waals surface area contributed by atoms with Gasteiger partial charge in [-0.15, -0.1) is 0 Å². The van der Waals surface area contributed by atoms with E-state index in [1.165, 1.54) is 12.0 Å². The number of likely N-dealkylation sites (tertiary alicyclic amines) is 1. The molecule has 0 aromatic carbocycles. The maximum atomic E-state index is 6.22. The lowest BCUT2D eigenvalue weighted by molar-refractivity contribution is -0.0780. The van der Waals surface area contributed by atoms with Gasteiger partial charge in [-0.05, 0) is 37.0 Å². The molecule has 2 aromatic heterocycles. The number of nitrogens with zero attached hydrogens (tertiary/aromatic N) is 4. The maximum absolute atomic E-state index is 6.22. The van der Waals surface area contributed by atoms with Crippen molar-refractivity contribution in [3.05, 3.63) is 48.5 Å². The van der Waals surface area contributed by atoms with Crippen LogP contribution < -0.4 is 0 Å². The molecule has 2 aliphatic heterocycles. The van der Waals surface area contributed by atoms with Crippen LogP contribution in [-0.4, -0.2) is 57.7 Å². The molecule has 2 saturated heterocycles. The van der Waals surface area contributed by atoms with Crippen LogP contribution in [0.25, 0.3) is 0 Å². The first-order chi connectivity index (χ1) is 12.4. The molecule has 3 atom stereocenters. The zero-order valence-corrected chi connectivity index (χ0v) is 14.5. The predicted octanol–water partition coefficient (Wildman–Crippen LogP) is 2.12. The van der Waals surface area contributed by atoms with Gasteiger partial charge < -0.3 is 9.47 Å². The first kappa shape index (κ1) is 16.7. The molecular weight excluding hydrogens is 316 g/mol. The van der Waals surface area contributed by atoms with Gasteiger partial charge in [0.05, 0.1) is 6.10 Å². The highest BCUT2D eigenvalue weighted by Crippen LogP contribution is 2.31. The molecule has 25 heavy (non-hydrogen) atoms. The summed E-state index contributed by atoms with van der Waals surface area (Å²) in [6.45, 7) is 4.36. The highest BCUT2D eigenvalue weighted by atomic mass is 16.5. The van der Waals surface area contributed by atoms with Gasteiger partial charge >= 0.3 is 0 Å². The minimum absolute atomic E-state index is 0.166. The van der Waals surface area contributed by atoms with E-state index >= 15 is 0 Å². The zero-order chi connectivity index (χ0) is 16.9. The summed E-state index contributed by atoms with van der Waals surface area (Å²) in [4.78, 5) is 6.75. The van der Waals surface area contributed by atoms with Crippen molar-refractivity contribution < 1.29 is 9.47 Å². The van der Waals surface area contributed by atoms with Gasteiger partial charge in [-0.2, -0.15) is 5.10 Å². The lowest BCUT2D eigenvalue weighted by Gasteiger charge is -2.32. The SMILES string of the molecule is c1cncc(CN2C[C@@H](OCCCn3cccn3)[C@H]3OCCC[C@H]32)c1. The average Bonchev–Trinajstić information content (AvgIpc) is 3.29. The Morgan fingerprint density at radius 2 is 2.28 bits per heavy atom. The molecule has 0 saturated carbocycles. The van der Waals surface area contributed by atoms with Gasteiger partial charge in [0.1, 0.15) is 6.10 Å². The summed E-state index contributed by atoms with van der Waals surface area (Å²) >= 11 is 0. The highest BCUT2D eigenvalue weighted by molar-refractivity contribution is 5.10. The fraction of sp³-hybridized carbons (Fsp3) is 0.579. The molecule has 0 aliphatic carbocycles. The van der Waals surface area contributed by atoms with Crippen LogP contribution in [0.1, 0.15) is 24.8 Å². The van der Waals surface area contributed by atoms with Crippen LogP contribution in [-0.2, 0) is 22.6 Å². The molecule has 0 bridgehead atoms. The van der Waals surface area contributed by atoms with E-state index in [0.717, 1.165) is 45.7 Å². The van der Waals surface area contributed by atoms with Crippen LogP contribution in [0.4, 0.5) is 0 Å². The van der Waals surface area contributed by atoms with Gasteiger partial charge in [0.25, 0.3) is 0 Å². The Labute approximate surface area is 148 Å². The molecule has 0 spiro atoms. The first-order valence-electron chi connectivity index (χ1n) is 9.24. The van der Waals surface area contributed by atoms with E-state index in [2.05, 4.69) is 21.0 Å². The van der Waals surface area contributed by atoms with Gasteiger partial charge in [0.15, 0.2) is 0 Å². The highest BCUT2D eigenvalue weighted by Gasteiger charge is 2.44. The van der Waals surface area contributed by atoms with Gasteiger partial charge in [-0.3, -0.25) is 14.6 Å². The van der Waals surface area contributed by atoms with Crippen molar-refractivity contribution in [2.24, 2.45) is 0 Å². The van der Waals surface area contributed by atoms with Crippen LogP contribution in [0.15, 0.2) is 43.0 Å². The number of aromatic nitrogens is 3. The third kappa shape index (κ3) is 4.08. The lowest BCUT2D eigenvalue weighted by atomic mass is 10.0. The Morgan fingerprint density at radius 1 is 1.28 bits per heavy atom. The standard InChI is InChI=1S/C19H26N4O2/c1-5-16(13-20-7-1)14-22-15-18(19-17(22)6-2-11-25-19)24-12-4-10-23-9-3-8-21-23/h1,3,5,7-9,13,17-19H,2,4,6,10-12,14-15H2/t17-,18-,19+/m1/s1. The quantitative estimate of drug-likeness (QED) is 0.722. The molecule has 2 fully saturated rings. The van der Waals surface area contributed by atoms with Crippen LogP contribution >= 0.6 is 0 Å². The van der Waals surface area contributed by atoms with E-state index in [0.29, 0.717) is 6.04 Å². The number of ether oxygens (including phenoxy) is 2. The fourth-order valence-corrected chi connectivity index (χ4v) is 3.95. The number of hydrogen-bond acceptors (Lipinski definition) is 5. The van der Waals surface area contributed by atoms with Crippen molar-refractivity contribution >= 4 is 0 Å². The van der Waals surface area contributed by atoms with Crippen molar-refractivity contribution in [2.75, 3.05) is 19.8 Å². The van der Waals surface area contributed by atoms with Gasteiger partial charge in [0.2, 0.25) is 0 Å². The predicted molar refractivity (Wildman–Crippen MR) is 94.0 cm³/mol. The van der Waals surface area contributed by atoms with Gasteiger partial charge in [-0.1, -0.05) is 6.07 Å². The monoisotopic (exact) mass is 342 g/mol. The Kier molecular flexibility index (Phi) is 5.40. The maximum Gasteiger partial charge on any atom is 0.100 e. The minimum atomic E-state index is 0.166. The lowest BCUT2D eigenvalue weighted by Crippen LogP contribution is -2.41. The van der Waals surface area contributed by atoms with Crippen LogP contribution in [0, 0.1) is 0 Å². The Bertz CT molecular complexity index is 634. The van der Waals surface area contributed by atoms with E-state index < -0.39 is 0 Å². The largest absolute Gasteiger partial charge is 0.374 e. The summed E-state index contributed by atoms with van der Waals surface area (Å²) in [6.07, 6.45) is 11.3. The van der Waals surface area contributed by atoms with E-state index in [-0.39, 0.29) is 12.2 Å². The second kappa shape index (κ2) is 8.08. The summed E-state index contributed by atoms with van der Waals surface area (Å²) in [6, 6.07) is 6.56. The van der Waals surface area contributed by atoms with Crippen molar-refractivity contribution in [1.29, 1.82) is 0 Å². The molecule has 0 radical (unpaired) electrons. The van der Waals surface area contributed by atoms with E-state index in [9.17, 15) is 0 Å². The number of pyridine rings is 1. The number of fused-ring (bicyclic) bond motifs is 1. The van der Waals surface area contributed by atoms with E-state index in [1.54, 1.807) is 0 Å². The van der Waals surface area contributed by atoms with Crippen LogP contribution in [0.2, 0.25) is 0 Å². The zero-order valence-electron chi connectivity index (χ0n) is 14.5. The molecule has 2 aliphatic rings. The molecular formula is C19H26N4O2. The Morgan fingerprint density at radius 3 is 3.12 bits per heavy atom. The summed E-state index contributed by atoms with van der Waals surface area (Å²) in [5.74, 6) is 0. The number of rotatable bonds is 7. The molecule has 0 unspecified atom stereocenters. The first-order valence-corrected chi connectivity index (χ1v) is 9.24. The fourth-order valence-electron chi connectivity index (χ4n) is 3.95. The molecule has 0 N–H and O–H groups in total. The third-order valence-electron chi connectivity index (χ3n) is 5.11. The Hall–Kier alpha value is -1.76. The summed E-state index contributed by atoms with van der Waals surface area (Å²) < 4.78 is 14.3. The summed E-state index contributed by atoms with van der Waals surface area (Å²) in [5.41, 5.74) is 1.26.